The number of aromatic nitrogens is 2. The Kier molecular flexibility index (Phi) is 4.82. The van der Waals surface area contributed by atoms with Crippen LogP contribution in [0.5, 0.6) is 0 Å². The van der Waals surface area contributed by atoms with Crippen molar-refractivity contribution in [2.45, 2.75) is 51.9 Å². The van der Waals surface area contributed by atoms with E-state index in [9.17, 15) is 0 Å². The van der Waals surface area contributed by atoms with Gasteiger partial charge in [0.2, 0.25) is 0 Å². The van der Waals surface area contributed by atoms with E-state index in [4.69, 9.17) is 4.98 Å². The zero-order valence-electron chi connectivity index (χ0n) is 17.9. The average Bonchev–Trinajstić information content (AvgIpc) is 3.18. The highest BCUT2D eigenvalue weighted by Crippen LogP contribution is 2.41. The van der Waals surface area contributed by atoms with Gasteiger partial charge in [-0.25, -0.2) is 4.98 Å². The zero-order chi connectivity index (χ0) is 20.8. The van der Waals surface area contributed by atoms with Gasteiger partial charge in [-0.3, -0.25) is 4.98 Å². The lowest BCUT2D eigenvalue weighted by atomic mass is 9.70. The van der Waals surface area contributed by atoms with Gasteiger partial charge in [0.05, 0.1) is 16.4 Å². The lowest BCUT2D eigenvalue weighted by Gasteiger charge is -2.36. The predicted octanol–water partition coefficient (Wildman–Crippen LogP) is 6.62. The third kappa shape index (κ3) is 3.72. The SMILES string of the molecule is C=C(c1ccc(Cc2nccs2)cc1)c1nc2c(cc1C)C(C)(C)C=CC2(C)C. The molecule has 0 aliphatic heterocycles. The van der Waals surface area contributed by atoms with Gasteiger partial charge >= 0.3 is 0 Å². The Morgan fingerprint density at radius 1 is 1.03 bits per heavy atom. The third-order valence-corrected chi connectivity index (χ3v) is 6.64. The van der Waals surface area contributed by atoms with Crippen molar-refractivity contribution in [1.82, 2.24) is 9.97 Å². The maximum atomic E-state index is 5.16. The van der Waals surface area contributed by atoms with Crippen LogP contribution in [0.15, 0.2) is 60.6 Å². The monoisotopic (exact) mass is 400 g/mol. The smallest absolute Gasteiger partial charge is 0.0968 e. The van der Waals surface area contributed by atoms with E-state index in [1.54, 1.807) is 11.3 Å². The van der Waals surface area contributed by atoms with Gasteiger partial charge in [0, 0.05) is 34.4 Å². The standard InChI is InChI=1S/C26H28N2S/c1-17-15-21-24(26(5,6)12-11-25(21,3)4)28-23(17)18(2)20-9-7-19(8-10-20)16-22-27-13-14-29-22/h7-15H,2,16H2,1,3-6H3. The van der Waals surface area contributed by atoms with Gasteiger partial charge in [-0.1, -0.05) is 76.8 Å². The Morgan fingerprint density at radius 3 is 2.38 bits per heavy atom. The predicted molar refractivity (Wildman–Crippen MR) is 124 cm³/mol. The van der Waals surface area contributed by atoms with Gasteiger partial charge in [-0.15, -0.1) is 11.3 Å². The number of aryl methyl sites for hydroxylation is 1. The van der Waals surface area contributed by atoms with Gasteiger partial charge in [0.1, 0.15) is 0 Å². The van der Waals surface area contributed by atoms with E-state index in [1.807, 2.05) is 11.6 Å². The molecule has 4 rings (SSSR count). The van der Waals surface area contributed by atoms with Crippen LogP contribution in [-0.4, -0.2) is 9.97 Å². The van der Waals surface area contributed by atoms with Crippen molar-refractivity contribution in [1.29, 1.82) is 0 Å². The molecule has 3 heteroatoms. The summed E-state index contributed by atoms with van der Waals surface area (Å²) in [6.07, 6.45) is 7.33. The fraction of sp³-hybridized carbons (Fsp3) is 0.308. The number of benzene rings is 1. The molecule has 0 saturated carbocycles. The highest BCUT2D eigenvalue weighted by molar-refractivity contribution is 7.09. The summed E-state index contributed by atoms with van der Waals surface area (Å²) in [5.74, 6) is 0. The van der Waals surface area contributed by atoms with Crippen LogP contribution >= 0.6 is 11.3 Å². The first-order valence-corrected chi connectivity index (χ1v) is 11.0. The molecule has 29 heavy (non-hydrogen) atoms. The summed E-state index contributed by atoms with van der Waals surface area (Å²) in [7, 11) is 0. The zero-order valence-corrected chi connectivity index (χ0v) is 18.7. The molecule has 1 aromatic carbocycles. The summed E-state index contributed by atoms with van der Waals surface area (Å²) in [5.41, 5.74) is 7.94. The number of thiazole rings is 1. The van der Waals surface area contributed by atoms with E-state index in [-0.39, 0.29) is 10.8 Å². The van der Waals surface area contributed by atoms with Crippen molar-refractivity contribution >= 4 is 16.9 Å². The first kappa shape index (κ1) is 19.8. The van der Waals surface area contributed by atoms with Crippen LogP contribution < -0.4 is 0 Å². The number of hydrogen-bond acceptors (Lipinski definition) is 3. The van der Waals surface area contributed by atoms with E-state index in [0.717, 1.165) is 34.0 Å². The second kappa shape index (κ2) is 7.07. The number of hydrogen-bond donors (Lipinski definition) is 0. The number of fused-ring (bicyclic) bond motifs is 1. The second-order valence-corrected chi connectivity index (χ2v) is 10.1. The summed E-state index contributed by atoms with van der Waals surface area (Å²) in [6, 6.07) is 11.0. The molecule has 2 nitrogen and oxygen atoms in total. The minimum absolute atomic E-state index is 0.0000468. The third-order valence-electron chi connectivity index (χ3n) is 5.86. The van der Waals surface area contributed by atoms with Gasteiger partial charge < -0.3 is 0 Å². The molecule has 3 aromatic rings. The summed E-state index contributed by atoms with van der Waals surface area (Å²) in [6.45, 7) is 15.5. The maximum Gasteiger partial charge on any atom is 0.0968 e. The number of allylic oxidation sites excluding steroid dienone is 2. The van der Waals surface area contributed by atoms with Crippen LogP contribution in [0.25, 0.3) is 5.57 Å². The summed E-state index contributed by atoms with van der Waals surface area (Å²) >= 11 is 1.70. The Balaban J connectivity index is 1.68. The van der Waals surface area contributed by atoms with Crippen LogP contribution in [-0.2, 0) is 17.3 Å². The molecule has 0 radical (unpaired) electrons. The van der Waals surface area contributed by atoms with Gasteiger partial charge in [0.15, 0.2) is 0 Å². The summed E-state index contributed by atoms with van der Waals surface area (Å²) in [5, 5.41) is 3.16. The quantitative estimate of drug-likeness (QED) is 0.460. The molecular formula is C26H28N2S. The van der Waals surface area contributed by atoms with E-state index in [0.29, 0.717) is 0 Å². The molecule has 0 amide bonds. The van der Waals surface area contributed by atoms with Crippen molar-refractivity contribution in [3.8, 4) is 0 Å². The maximum absolute atomic E-state index is 5.16. The molecule has 0 fully saturated rings. The molecule has 0 saturated heterocycles. The topological polar surface area (TPSA) is 25.8 Å². The molecule has 1 aliphatic rings. The largest absolute Gasteiger partial charge is 0.251 e. The Morgan fingerprint density at radius 2 is 1.72 bits per heavy atom. The van der Waals surface area contributed by atoms with Crippen LogP contribution in [0, 0.1) is 6.92 Å². The molecule has 2 heterocycles. The van der Waals surface area contributed by atoms with Gasteiger partial charge in [-0.2, -0.15) is 0 Å². The van der Waals surface area contributed by atoms with Crippen molar-refractivity contribution in [3.63, 3.8) is 0 Å². The fourth-order valence-electron chi connectivity index (χ4n) is 3.96. The molecule has 0 N–H and O–H groups in total. The first-order chi connectivity index (χ1) is 13.7. The van der Waals surface area contributed by atoms with E-state index in [1.165, 1.54) is 16.7 Å². The average molecular weight is 401 g/mol. The number of pyridine rings is 1. The number of rotatable bonds is 4. The molecule has 1 aliphatic carbocycles. The highest BCUT2D eigenvalue weighted by Gasteiger charge is 2.35. The molecule has 2 aromatic heterocycles. The van der Waals surface area contributed by atoms with Crippen LogP contribution in [0.1, 0.15) is 66.3 Å². The number of nitrogens with zero attached hydrogens (tertiary/aromatic N) is 2. The van der Waals surface area contributed by atoms with Crippen molar-refractivity contribution in [3.05, 3.63) is 99.3 Å². The normalized spacial score (nSPS) is 16.4. The molecular weight excluding hydrogens is 372 g/mol. The second-order valence-electron chi connectivity index (χ2n) is 9.10. The Hall–Kier alpha value is -2.52. The first-order valence-electron chi connectivity index (χ1n) is 10.1. The van der Waals surface area contributed by atoms with Gasteiger partial charge in [-0.05, 0) is 29.2 Å². The van der Waals surface area contributed by atoms with Crippen LogP contribution in [0.3, 0.4) is 0 Å². The minimum atomic E-state index is -0.0782. The molecule has 0 atom stereocenters. The lowest BCUT2D eigenvalue weighted by Crippen LogP contribution is -2.31. The fourth-order valence-corrected chi connectivity index (χ4v) is 4.61. The van der Waals surface area contributed by atoms with Crippen LogP contribution in [0.4, 0.5) is 0 Å². The highest BCUT2D eigenvalue weighted by atomic mass is 32.1. The molecule has 0 spiro atoms. The van der Waals surface area contributed by atoms with E-state index >= 15 is 0 Å². The van der Waals surface area contributed by atoms with Crippen molar-refractivity contribution in [2.75, 3.05) is 0 Å². The summed E-state index contributed by atoms with van der Waals surface area (Å²) < 4.78 is 0. The Bertz CT molecular complexity index is 1080. The van der Waals surface area contributed by atoms with Crippen molar-refractivity contribution < 1.29 is 0 Å². The lowest BCUT2D eigenvalue weighted by molar-refractivity contribution is 0.544. The van der Waals surface area contributed by atoms with Crippen LogP contribution in [0.2, 0.25) is 0 Å². The van der Waals surface area contributed by atoms with E-state index in [2.05, 4.69) is 88.7 Å². The van der Waals surface area contributed by atoms with Crippen molar-refractivity contribution in [2.24, 2.45) is 0 Å². The summed E-state index contributed by atoms with van der Waals surface area (Å²) in [4.78, 5) is 9.54. The minimum Gasteiger partial charge on any atom is -0.251 e. The van der Waals surface area contributed by atoms with Gasteiger partial charge in [0.25, 0.3) is 0 Å². The molecule has 148 valence electrons. The Labute approximate surface area is 178 Å². The molecule has 0 unspecified atom stereocenters. The van der Waals surface area contributed by atoms with E-state index < -0.39 is 0 Å². The molecule has 0 bridgehead atoms.